The van der Waals surface area contributed by atoms with Gasteiger partial charge in [0, 0.05) is 18.5 Å². The van der Waals surface area contributed by atoms with Crippen LogP contribution in [0.15, 0.2) is 72.8 Å². The summed E-state index contributed by atoms with van der Waals surface area (Å²) in [6.45, 7) is 11.2. The molecule has 214 valence electrons. The Labute approximate surface area is 239 Å². The van der Waals surface area contributed by atoms with E-state index in [1.54, 1.807) is 12.1 Å². The average molecular weight is 564 g/mol. The van der Waals surface area contributed by atoms with Gasteiger partial charge < -0.3 is 10.2 Å². The van der Waals surface area contributed by atoms with Crippen molar-refractivity contribution in [3.05, 3.63) is 101 Å². The molecular formula is C32H41N3O4S. The zero-order valence-corrected chi connectivity index (χ0v) is 25.4. The number of aryl methyl sites for hydroxylation is 3. The molecule has 0 aliphatic carbocycles. The Morgan fingerprint density at radius 2 is 1.48 bits per heavy atom. The SMILES string of the molecule is Cc1ccc(CN(C(=O)CN(c2ccc(C)c(C)c2)S(C)(=O)=O)[C@H](Cc2ccccc2)C(=O)NC(C)(C)C)cc1. The van der Waals surface area contributed by atoms with Gasteiger partial charge in [0.2, 0.25) is 21.8 Å². The van der Waals surface area contributed by atoms with Crippen LogP contribution in [-0.4, -0.2) is 49.5 Å². The molecule has 40 heavy (non-hydrogen) atoms. The van der Waals surface area contributed by atoms with Crippen molar-refractivity contribution in [2.75, 3.05) is 17.1 Å². The van der Waals surface area contributed by atoms with E-state index in [9.17, 15) is 18.0 Å². The second-order valence-electron chi connectivity index (χ2n) is 11.5. The van der Waals surface area contributed by atoms with Gasteiger partial charge in [-0.2, -0.15) is 0 Å². The Kier molecular flexibility index (Phi) is 9.79. The summed E-state index contributed by atoms with van der Waals surface area (Å²) in [5.41, 5.74) is 4.64. The molecule has 0 aliphatic heterocycles. The fraction of sp³-hybridized carbons (Fsp3) is 0.375. The van der Waals surface area contributed by atoms with Crippen molar-refractivity contribution in [3.63, 3.8) is 0 Å². The lowest BCUT2D eigenvalue weighted by molar-refractivity contribution is -0.140. The average Bonchev–Trinajstić information content (AvgIpc) is 2.86. The van der Waals surface area contributed by atoms with Gasteiger partial charge in [-0.15, -0.1) is 0 Å². The highest BCUT2D eigenvalue weighted by Gasteiger charge is 2.34. The van der Waals surface area contributed by atoms with Crippen molar-refractivity contribution >= 4 is 27.5 Å². The van der Waals surface area contributed by atoms with E-state index in [0.29, 0.717) is 5.69 Å². The largest absolute Gasteiger partial charge is 0.350 e. The third-order valence-electron chi connectivity index (χ3n) is 6.70. The number of hydrogen-bond donors (Lipinski definition) is 1. The molecule has 0 unspecified atom stereocenters. The molecule has 0 saturated carbocycles. The molecule has 0 radical (unpaired) electrons. The number of hydrogen-bond acceptors (Lipinski definition) is 4. The van der Waals surface area contributed by atoms with Gasteiger partial charge in [0.05, 0.1) is 11.9 Å². The van der Waals surface area contributed by atoms with Gasteiger partial charge in [-0.25, -0.2) is 8.42 Å². The van der Waals surface area contributed by atoms with Gasteiger partial charge in [0.25, 0.3) is 0 Å². The zero-order chi connectivity index (χ0) is 29.7. The summed E-state index contributed by atoms with van der Waals surface area (Å²) in [6.07, 6.45) is 1.37. The number of carbonyl (C=O) groups is 2. The van der Waals surface area contributed by atoms with Crippen LogP contribution in [0.5, 0.6) is 0 Å². The number of nitrogens with zero attached hydrogens (tertiary/aromatic N) is 2. The van der Waals surface area contributed by atoms with E-state index in [2.05, 4.69) is 5.32 Å². The van der Waals surface area contributed by atoms with Crippen LogP contribution in [0.4, 0.5) is 5.69 Å². The second-order valence-corrected chi connectivity index (χ2v) is 13.4. The highest BCUT2D eigenvalue weighted by Crippen LogP contribution is 2.23. The lowest BCUT2D eigenvalue weighted by Gasteiger charge is -2.35. The molecule has 3 rings (SSSR count). The molecule has 3 aromatic rings. The summed E-state index contributed by atoms with van der Waals surface area (Å²) in [5, 5.41) is 3.03. The predicted octanol–water partition coefficient (Wildman–Crippen LogP) is 4.93. The summed E-state index contributed by atoms with van der Waals surface area (Å²) in [4.78, 5) is 29.4. The third kappa shape index (κ3) is 8.68. The van der Waals surface area contributed by atoms with Crippen molar-refractivity contribution in [3.8, 4) is 0 Å². The molecule has 0 heterocycles. The lowest BCUT2D eigenvalue weighted by Crippen LogP contribution is -2.56. The number of sulfonamides is 1. The number of anilines is 1. The Bertz CT molecular complexity index is 1430. The first-order chi connectivity index (χ1) is 18.6. The molecular weight excluding hydrogens is 522 g/mol. The highest BCUT2D eigenvalue weighted by atomic mass is 32.2. The standard InChI is InChI=1S/C32H41N3O4S/c1-23-13-16-27(17-14-23)21-34(29(31(37)33-32(4,5)6)20-26-11-9-8-10-12-26)30(36)22-35(40(7,38)39)28-18-15-24(2)25(3)19-28/h8-19,29H,20-22H2,1-7H3,(H,33,37)/t29-/m1/s1. The molecule has 0 bridgehead atoms. The summed E-state index contributed by atoms with van der Waals surface area (Å²) in [6, 6.07) is 21.7. The van der Waals surface area contributed by atoms with E-state index in [4.69, 9.17) is 0 Å². The fourth-order valence-corrected chi connectivity index (χ4v) is 5.23. The van der Waals surface area contributed by atoms with Crippen molar-refractivity contribution in [2.45, 2.75) is 66.1 Å². The maximum atomic E-state index is 14.1. The quantitative estimate of drug-likeness (QED) is 0.379. The smallest absolute Gasteiger partial charge is 0.244 e. The second kappa shape index (κ2) is 12.7. The van der Waals surface area contributed by atoms with Crippen LogP contribution in [0.1, 0.15) is 48.6 Å². The number of carbonyl (C=O) groups excluding carboxylic acids is 2. The van der Waals surface area contributed by atoms with Gasteiger partial charge in [0.15, 0.2) is 0 Å². The van der Waals surface area contributed by atoms with Gasteiger partial charge in [-0.1, -0.05) is 66.2 Å². The first-order valence-corrected chi connectivity index (χ1v) is 15.2. The van der Waals surface area contributed by atoms with Crippen LogP contribution < -0.4 is 9.62 Å². The minimum Gasteiger partial charge on any atom is -0.350 e. The van der Waals surface area contributed by atoms with Crippen LogP contribution in [0.2, 0.25) is 0 Å². The summed E-state index contributed by atoms with van der Waals surface area (Å²) in [5.74, 6) is -0.761. The van der Waals surface area contributed by atoms with Crippen molar-refractivity contribution < 1.29 is 18.0 Å². The lowest BCUT2D eigenvalue weighted by atomic mass is 10.0. The Morgan fingerprint density at radius 1 is 0.850 bits per heavy atom. The van der Waals surface area contributed by atoms with Crippen LogP contribution in [-0.2, 0) is 32.6 Å². The number of rotatable bonds is 10. The Morgan fingerprint density at radius 3 is 2.02 bits per heavy atom. The Balaban J connectivity index is 2.08. The van der Waals surface area contributed by atoms with Gasteiger partial charge in [-0.05, 0) is 75.9 Å². The molecule has 0 fully saturated rings. The van der Waals surface area contributed by atoms with E-state index in [1.165, 1.54) is 4.90 Å². The molecule has 7 nitrogen and oxygen atoms in total. The van der Waals surface area contributed by atoms with Gasteiger partial charge in [-0.3, -0.25) is 13.9 Å². The minimum atomic E-state index is -3.80. The summed E-state index contributed by atoms with van der Waals surface area (Å²) >= 11 is 0. The number of nitrogens with one attached hydrogen (secondary N) is 1. The van der Waals surface area contributed by atoms with E-state index in [1.807, 2.05) is 102 Å². The summed E-state index contributed by atoms with van der Waals surface area (Å²) < 4.78 is 27.0. The molecule has 8 heteroatoms. The van der Waals surface area contributed by atoms with Crippen molar-refractivity contribution in [1.29, 1.82) is 0 Å². The number of benzene rings is 3. The van der Waals surface area contributed by atoms with Crippen molar-refractivity contribution in [1.82, 2.24) is 10.2 Å². The fourth-order valence-electron chi connectivity index (χ4n) is 4.39. The molecule has 1 atom stereocenters. The number of amides is 2. The molecule has 1 N–H and O–H groups in total. The maximum absolute atomic E-state index is 14.1. The normalized spacial score (nSPS) is 12.5. The molecule has 0 saturated heterocycles. The summed E-state index contributed by atoms with van der Waals surface area (Å²) in [7, 11) is -3.80. The van der Waals surface area contributed by atoms with E-state index < -0.39 is 34.1 Å². The van der Waals surface area contributed by atoms with E-state index >= 15 is 0 Å². The van der Waals surface area contributed by atoms with Crippen molar-refractivity contribution in [2.24, 2.45) is 0 Å². The zero-order valence-electron chi connectivity index (χ0n) is 24.6. The maximum Gasteiger partial charge on any atom is 0.244 e. The first kappa shape index (κ1) is 30.9. The molecule has 0 aromatic heterocycles. The van der Waals surface area contributed by atoms with E-state index in [-0.39, 0.29) is 18.9 Å². The first-order valence-electron chi connectivity index (χ1n) is 13.4. The van der Waals surface area contributed by atoms with Crippen LogP contribution in [0.25, 0.3) is 0 Å². The molecule has 2 amide bonds. The predicted molar refractivity (Wildman–Crippen MR) is 162 cm³/mol. The highest BCUT2D eigenvalue weighted by molar-refractivity contribution is 7.92. The topological polar surface area (TPSA) is 86.8 Å². The van der Waals surface area contributed by atoms with Gasteiger partial charge in [0.1, 0.15) is 12.6 Å². The Hall–Kier alpha value is -3.65. The van der Waals surface area contributed by atoms with Crippen LogP contribution in [0.3, 0.4) is 0 Å². The van der Waals surface area contributed by atoms with Crippen LogP contribution in [0, 0.1) is 20.8 Å². The molecule has 3 aromatic carbocycles. The molecule has 0 spiro atoms. The third-order valence-corrected chi connectivity index (χ3v) is 7.84. The monoisotopic (exact) mass is 563 g/mol. The van der Waals surface area contributed by atoms with Gasteiger partial charge >= 0.3 is 0 Å². The van der Waals surface area contributed by atoms with Crippen LogP contribution >= 0.6 is 0 Å². The minimum absolute atomic E-state index is 0.151. The molecule has 0 aliphatic rings. The van der Waals surface area contributed by atoms with E-state index in [0.717, 1.165) is 38.4 Å².